The zero-order valence-corrected chi connectivity index (χ0v) is 12.8. The summed E-state index contributed by atoms with van der Waals surface area (Å²) in [6.07, 6.45) is 0.668. The first-order valence-corrected chi connectivity index (χ1v) is 8.66. The number of hydrogen-bond donors (Lipinski definition) is 2. The molecule has 108 valence electrons. The van der Waals surface area contributed by atoms with Gasteiger partial charge < -0.3 is 5.11 Å². The van der Waals surface area contributed by atoms with Crippen molar-refractivity contribution >= 4 is 21.4 Å². The minimum atomic E-state index is -3.53. The van der Waals surface area contributed by atoms with E-state index in [0.717, 1.165) is 5.56 Å². The van der Waals surface area contributed by atoms with Crippen LogP contribution in [-0.2, 0) is 23.1 Å². The number of benzene rings is 1. The molecule has 0 fully saturated rings. The third kappa shape index (κ3) is 3.67. The first kappa shape index (κ1) is 15.2. The van der Waals surface area contributed by atoms with E-state index < -0.39 is 10.0 Å². The first-order chi connectivity index (χ1) is 9.53. The molecule has 2 rings (SSSR count). The van der Waals surface area contributed by atoms with Crippen LogP contribution in [0.25, 0.3) is 0 Å². The van der Waals surface area contributed by atoms with Crippen LogP contribution in [-0.4, -0.2) is 20.1 Å². The quantitative estimate of drug-likeness (QED) is 0.858. The van der Waals surface area contributed by atoms with Crippen molar-refractivity contribution < 1.29 is 13.5 Å². The van der Waals surface area contributed by atoms with Gasteiger partial charge in [-0.25, -0.2) is 13.1 Å². The Morgan fingerprint density at radius 2 is 2.05 bits per heavy atom. The lowest BCUT2D eigenvalue weighted by Crippen LogP contribution is -2.26. The van der Waals surface area contributed by atoms with Crippen LogP contribution in [0.15, 0.2) is 39.9 Å². The van der Waals surface area contributed by atoms with Gasteiger partial charge in [0.05, 0.1) is 11.5 Å². The van der Waals surface area contributed by atoms with Crippen molar-refractivity contribution in [3.8, 4) is 0 Å². The lowest BCUT2D eigenvalue weighted by Gasteiger charge is -2.10. The summed E-state index contributed by atoms with van der Waals surface area (Å²) in [6.45, 7) is 1.94. The largest absolute Gasteiger partial charge is 0.392 e. The minimum Gasteiger partial charge on any atom is -0.392 e. The highest BCUT2D eigenvalue weighted by atomic mass is 32.2. The Balaban J connectivity index is 2.09. The van der Waals surface area contributed by atoms with Crippen LogP contribution in [0.4, 0.5) is 0 Å². The van der Waals surface area contributed by atoms with E-state index in [1.54, 1.807) is 30.4 Å². The number of thiophene rings is 1. The average molecular weight is 311 g/mol. The minimum absolute atomic E-state index is 0.169. The van der Waals surface area contributed by atoms with Crippen molar-refractivity contribution in [2.45, 2.75) is 24.8 Å². The van der Waals surface area contributed by atoms with Crippen LogP contribution in [0.5, 0.6) is 0 Å². The monoisotopic (exact) mass is 311 g/mol. The fourth-order valence-electron chi connectivity index (χ4n) is 1.87. The van der Waals surface area contributed by atoms with Gasteiger partial charge in [0.25, 0.3) is 0 Å². The van der Waals surface area contributed by atoms with Crippen molar-refractivity contribution in [2.75, 3.05) is 6.54 Å². The van der Waals surface area contributed by atoms with E-state index in [2.05, 4.69) is 4.72 Å². The number of aryl methyl sites for hydroxylation is 1. The Hall–Kier alpha value is -1.21. The number of sulfonamides is 1. The molecule has 6 heteroatoms. The summed E-state index contributed by atoms with van der Waals surface area (Å²) in [5.41, 5.74) is 2.39. The molecule has 0 aliphatic carbocycles. The van der Waals surface area contributed by atoms with Crippen LogP contribution in [0.2, 0.25) is 0 Å². The van der Waals surface area contributed by atoms with Crippen LogP contribution in [0.1, 0.15) is 16.7 Å². The Morgan fingerprint density at radius 3 is 2.70 bits per heavy atom. The zero-order valence-electron chi connectivity index (χ0n) is 11.2. The van der Waals surface area contributed by atoms with Gasteiger partial charge in [0.2, 0.25) is 10.0 Å². The molecule has 20 heavy (non-hydrogen) atoms. The Morgan fingerprint density at radius 1 is 1.25 bits per heavy atom. The van der Waals surface area contributed by atoms with Gasteiger partial charge in [-0.15, -0.1) is 0 Å². The van der Waals surface area contributed by atoms with E-state index in [1.165, 1.54) is 6.07 Å². The molecule has 1 aromatic carbocycles. The molecule has 2 N–H and O–H groups in total. The summed E-state index contributed by atoms with van der Waals surface area (Å²) in [7, 11) is -3.53. The fourth-order valence-corrected chi connectivity index (χ4v) is 3.90. The summed E-state index contributed by atoms with van der Waals surface area (Å²) in [5.74, 6) is 0. The van der Waals surface area contributed by atoms with Crippen molar-refractivity contribution in [1.29, 1.82) is 0 Å². The van der Waals surface area contributed by atoms with Gasteiger partial charge in [-0.2, -0.15) is 11.3 Å². The van der Waals surface area contributed by atoms with Gasteiger partial charge >= 0.3 is 0 Å². The predicted octanol–water partition coefficient (Wildman–Crippen LogP) is 2.07. The molecule has 1 aromatic heterocycles. The van der Waals surface area contributed by atoms with Crippen molar-refractivity contribution in [2.24, 2.45) is 0 Å². The second kappa shape index (κ2) is 6.49. The molecule has 0 aliphatic heterocycles. The molecule has 0 saturated carbocycles. The normalized spacial score (nSPS) is 11.7. The Bertz CT molecular complexity index is 664. The first-order valence-electron chi connectivity index (χ1n) is 6.24. The molecule has 0 saturated heterocycles. The number of rotatable bonds is 6. The second-order valence-electron chi connectivity index (χ2n) is 4.54. The van der Waals surface area contributed by atoms with Gasteiger partial charge in [0, 0.05) is 6.54 Å². The van der Waals surface area contributed by atoms with E-state index in [4.69, 9.17) is 5.11 Å². The highest BCUT2D eigenvalue weighted by Gasteiger charge is 2.16. The Labute approximate surface area is 123 Å². The molecule has 1 heterocycles. The van der Waals surface area contributed by atoms with E-state index >= 15 is 0 Å². The van der Waals surface area contributed by atoms with Crippen LogP contribution >= 0.6 is 11.3 Å². The summed E-state index contributed by atoms with van der Waals surface area (Å²) in [6, 6.07) is 6.93. The molecule has 0 unspecified atom stereocenters. The second-order valence-corrected chi connectivity index (χ2v) is 7.05. The maximum Gasteiger partial charge on any atom is 0.240 e. The summed E-state index contributed by atoms with van der Waals surface area (Å²) < 4.78 is 27.1. The maximum atomic E-state index is 12.3. The molecule has 2 aromatic rings. The maximum absolute atomic E-state index is 12.3. The lowest BCUT2D eigenvalue weighted by molar-refractivity contribution is 0.281. The summed E-state index contributed by atoms with van der Waals surface area (Å²) in [5, 5.41) is 13.1. The van der Waals surface area contributed by atoms with Crippen molar-refractivity contribution in [1.82, 2.24) is 4.72 Å². The Kier molecular flexibility index (Phi) is 4.93. The lowest BCUT2D eigenvalue weighted by atomic mass is 10.2. The summed E-state index contributed by atoms with van der Waals surface area (Å²) in [4.78, 5) is 0.231. The third-order valence-corrected chi connectivity index (χ3v) is 5.35. The smallest absolute Gasteiger partial charge is 0.240 e. The predicted molar refractivity (Wildman–Crippen MR) is 80.3 cm³/mol. The molecular formula is C14H17NO3S2. The molecule has 0 aliphatic rings. The van der Waals surface area contributed by atoms with Crippen LogP contribution in [0.3, 0.4) is 0 Å². The van der Waals surface area contributed by atoms with Crippen LogP contribution < -0.4 is 4.72 Å². The highest BCUT2D eigenvalue weighted by molar-refractivity contribution is 7.89. The summed E-state index contributed by atoms with van der Waals surface area (Å²) >= 11 is 1.60. The highest BCUT2D eigenvalue weighted by Crippen LogP contribution is 2.17. The number of nitrogens with one attached hydrogen (secondary N) is 1. The standard InChI is InChI=1S/C14H17NO3S2/c1-11-2-3-13(9-16)8-14(11)20(17,18)15-6-4-12-5-7-19-10-12/h2-3,5,7-8,10,15-16H,4,6,9H2,1H3. The van der Waals surface area contributed by atoms with E-state index in [1.807, 2.05) is 16.8 Å². The van der Waals surface area contributed by atoms with E-state index in [0.29, 0.717) is 24.1 Å². The molecule has 0 amide bonds. The molecule has 0 bridgehead atoms. The fraction of sp³-hybridized carbons (Fsp3) is 0.286. The van der Waals surface area contributed by atoms with Gasteiger partial charge in [0.1, 0.15) is 0 Å². The molecule has 0 radical (unpaired) electrons. The SMILES string of the molecule is Cc1ccc(CO)cc1S(=O)(=O)NCCc1ccsc1. The average Bonchev–Trinajstić information content (AvgIpc) is 2.92. The van der Waals surface area contributed by atoms with Crippen LogP contribution in [0, 0.1) is 6.92 Å². The van der Waals surface area contributed by atoms with Gasteiger partial charge in [-0.05, 0) is 52.9 Å². The van der Waals surface area contributed by atoms with Gasteiger partial charge in [-0.1, -0.05) is 12.1 Å². The third-order valence-electron chi connectivity index (χ3n) is 3.01. The number of aliphatic hydroxyl groups excluding tert-OH is 1. The van der Waals surface area contributed by atoms with Crippen molar-refractivity contribution in [3.63, 3.8) is 0 Å². The zero-order chi connectivity index (χ0) is 14.6. The topological polar surface area (TPSA) is 66.4 Å². The molecule has 0 atom stereocenters. The van der Waals surface area contributed by atoms with Gasteiger partial charge in [0.15, 0.2) is 0 Å². The molecule has 4 nitrogen and oxygen atoms in total. The molecular weight excluding hydrogens is 294 g/mol. The van der Waals surface area contributed by atoms with Crippen molar-refractivity contribution in [3.05, 3.63) is 51.7 Å². The van der Waals surface area contributed by atoms with E-state index in [-0.39, 0.29) is 11.5 Å². The molecule has 0 spiro atoms. The van der Waals surface area contributed by atoms with E-state index in [9.17, 15) is 8.42 Å². The number of hydrogen-bond acceptors (Lipinski definition) is 4. The van der Waals surface area contributed by atoms with Gasteiger partial charge in [-0.3, -0.25) is 0 Å². The number of aliphatic hydroxyl groups is 1.